The zero-order valence-corrected chi connectivity index (χ0v) is 19.5. The maximum atomic E-state index is 13.1. The zero-order chi connectivity index (χ0) is 22.5. The molecule has 0 spiro atoms. The number of benzene rings is 2. The fraction of sp³-hybridized carbons (Fsp3) is 0.375. The molecule has 2 aromatic carbocycles. The number of hydrogen-bond acceptors (Lipinski definition) is 6. The lowest BCUT2D eigenvalue weighted by molar-refractivity contribution is 0.141. The van der Waals surface area contributed by atoms with E-state index in [2.05, 4.69) is 36.2 Å². The Kier molecular flexibility index (Phi) is 7.12. The van der Waals surface area contributed by atoms with Crippen molar-refractivity contribution in [3.05, 3.63) is 63.9 Å². The molecule has 7 nitrogen and oxygen atoms in total. The van der Waals surface area contributed by atoms with Crippen LogP contribution in [0.5, 0.6) is 5.75 Å². The lowest BCUT2D eigenvalue weighted by atomic mass is 10.1. The van der Waals surface area contributed by atoms with Crippen LogP contribution >= 0.6 is 11.8 Å². The van der Waals surface area contributed by atoms with Crippen molar-refractivity contribution in [3.8, 4) is 5.75 Å². The minimum atomic E-state index is -0.0492. The molecule has 0 aliphatic heterocycles. The number of aryl methyl sites for hydroxylation is 3. The smallest absolute Gasteiger partial charge is 0.262 e. The second-order valence-corrected chi connectivity index (χ2v) is 8.62. The normalized spacial score (nSPS) is 11.5. The summed E-state index contributed by atoms with van der Waals surface area (Å²) in [7, 11) is 0. The van der Waals surface area contributed by atoms with Gasteiger partial charge in [-0.25, -0.2) is 0 Å². The predicted octanol–water partition coefficient (Wildman–Crippen LogP) is 4.26. The van der Waals surface area contributed by atoms with Crippen LogP contribution in [-0.2, 0) is 11.3 Å². The molecule has 32 heavy (non-hydrogen) atoms. The maximum absolute atomic E-state index is 13.1. The van der Waals surface area contributed by atoms with Crippen molar-refractivity contribution in [2.24, 2.45) is 0 Å². The van der Waals surface area contributed by atoms with Gasteiger partial charge in [0.15, 0.2) is 5.16 Å². The SMILES string of the molecule is CCOCCCn1c(=O)c2ccccc2n2c(SCCOc3c(C)cccc3C)nnc12. The average molecular weight is 453 g/mol. The molecule has 4 rings (SSSR count). The van der Waals surface area contributed by atoms with Gasteiger partial charge in [-0.3, -0.25) is 13.8 Å². The first-order valence-corrected chi connectivity index (χ1v) is 11.9. The van der Waals surface area contributed by atoms with Gasteiger partial charge in [0, 0.05) is 25.5 Å². The van der Waals surface area contributed by atoms with Crippen LogP contribution in [0.15, 0.2) is 52.4 Å². The molecule has 0 aliphatic rings. The van der Waals surface area contributed by atoms with E-state index in [1.165, 1.54) is 0 Å². The lowest BCUT2D eigenvalue weighted by Crippen LogP contribution is -2.24. The third-order valence-electron chi connectivity index (χ3n) is 5.32. The zero-order valence-electron chi connectivity index (χ0n) is 18.7. The minimum absolute atomic E-state index is 0.0492. The van der Waals surface area contributed by atoms with Crippen LogP contribution in [0.1, 0.15) is 24.5 Å². The lowest BCUT2D eigenvalue weighted by Gasteiger charge is -2.12. The average Bonchev–Trinajstić information content (AvgIpc) is 3.21. The Labute approximate surface area is 191 Å². The van der Waals surface area contributed by atoms with Crippen LogP contribution < -0.4 is 10.3 Å². The Hall–Kier alpha value is -2.84. The number of aromatic nitrogens is 4. The van der Waals surface area contributed by atoms with Crippen molar-refractivity contribution in [2.75, 3.05) is 25.6 Å². The standard InChI is InChI=1S/C24H28N4O3S/c1-4-30-14-8-13-27-22(29)19-11-5-6-12-20(19)28-23(27)25-26-24(28)32-16-15-31-21-17(2)9-7-10-18(21)3/h5-7,9-12H,4,8,13-16H2,1-3H3. The van der Waals surface area contributed by atoms with Gasteiger partial charge >= 0.3 is 0 Å². The van der Waals surface area contributed by atoms with Crippen molar-refractivity contribution in [2.45, 2.75) is 38.9 Å². The van der Waals surface area contributed by atoms with Gasteiger partial charge in [-0.15, -0.1) is 10.2 Å². The van der Waals surface area contributed by atoms with Crippen LogP contribution in [0.25, 0.3) is 16.7 Å². The molecule has 2 heterocycles. The first-order chi connectivity index (χ1) is 15.6. The Balaban J connectivity index is 1.58. The van der Waals surface area contributed by atoms with E-state index >= 15 is 0 Å². The summed E-state index contributed by atoms with van der Waals surface area (Å²) in [6, 6.07) is 13.8. The molecule has 0 radical (unpaired) electrons. The molecule has 168 valence electrons. The molecule has 8 heteroatoms. The second-order valence-electron chi connectivity index (χ2n) is 7.56. The summed E-state index contributed by atoms with van der Waals surface area (Å²) in [6.45, 7) is 8.43. The first-order valence-electron chi connectivity index (χ1n) is 10.9. The molecule has 0 amide bonds. The Morgan fingerprint density at radius 2 is 1.78 bits per heavy atom. The molecule has 0 atom stereocenters. The van der Waals surface area contributed by atoms with Crippen LogP contribution in [0.4, 0.5) is 0 Å². The summed E-state index contributed by atoms with van der Waals surface area (Å²) in [5.74, 6) is 2.21. The number of rotatable bonds is 10. The maximum Gasteiger partial charge on any atom is 0.262 e. The molecule has 0 bridgehead atoms. The fourth-order valence-electron chi connectivity index (χ4n) is 3.80. The highest BCUT2D eigenvalue weighted by molar-refractivity contribution is 7.99. The summed E-state index contributed by atoms with van der Waals surface area (Å²) in [5.41, 5.74) is 3.03. The Morgan fingerprint density at radius 1 is 1.00 bits per heavy atom. The van der Waals surface area contributed by atoms with E-state index in [-0.39, 0.29) is 5.56 Å². The van der Waals surface area contributed by atoms with Gasteiger partial charge in [-0.2, -0.15) is 0 Å². The number of nitrogens with zero attached hydrogens (tertiary/aromatic N) is 4. The van der Waals surface area contributed by atoms with Crippen molar-refractivity contribution >= 4 is 28.4 Å². The van der Waals surface area contributed by atoms with Crippen molar-refractivity contribution < 1.29 is 9.47 Å². The fourth-order valence-corrected chi connectivity index (χ4v) is 4.56. The molecule has 0 saturated carbocycles. The molecule has 2 aromatic heterocycles. The summed E-state index contributed by atoms with van der Waals surface area (Å²) in [4.78, 5) is 13.1. The molecule has 0 fully saturated rings. The summed E-state index contributed by atoms with van der Waals surface area (Å²) in [6.07, 6.45) is 0.737. The first kappa shape index (κ1) is 22.4. The van der Waals surface area contributed by atoms with Gasteiger partial charge in [0.1, 0.15) is 5.75 Å². The summed E-state index contributed by atoms with van der Waals surface area (Å²) >= 11 is 1.57. The summed E-state index contributed by atoms with van der Waals surface area (Å²) in [5, 5.41) is 10.2. The molecule has 0 saturated heterocycles. The predicted molar refractivity (Wildman–Crippen MR) is 128 cm³/mol. The van der Waals surface area contributed by atoms with Crippen molar-refractivity contribution in [3.63, 3.8) is 0 Å². The van der Waals surface area contributed by atoms with Gasteiger partial charge in [-0.1, -0.05) is 42.1 Å². The van der Waals surface area contributed by atoms with Gasteiger partial charge < -0.3 is 9.47 Å². The highest BCUT2D eigenvalue weighted by Gasteiger charge is 2.16. The number of thioether (sulfide) groups is 1. The van der Waals surface area contributed by atoms with Crippen LogP contribution in [0.3, 0.4) is 0 Å². The molecule has 0 aliphatic carbocycles. The number of fused-ring (bicyclic) bond motifs is 3. The van der Waals surface area contributed by atoms with Crippen LogP contribution in [0, 0.1) is 13.8 Å². The largest absolute Gasteiger partial charge is 0.492 e. The number of hydrogen-bond donors (Lipinski definition) is 0. The Morgan fingerprint density at radius 3 is 2.56 bits per heavy atom. The van der Waals surface area contributed by atoms with E-state index in [1.807, 2.05) is 41.7 Å². The third kappa shape index (κ3) is 4.52. The number of ether oxygens (including phenoxy) is 2. The molecular formula is C24H28N4O3S. The van der Waals surface area contributed by atoms with Crippen LogP contribution in [0.2, 0.25) is 0 Å². The highest BCUT2D eigenvalue weighted by atomic mass is 32.2. The van der Waals surface area contributed by atoms with E-state index in [9.17, 15) is 4.79 Å². The van der Waals surface area contributed by atoms with Crippen molar-refractivity contribution in [1.29, 1.82) is 0 Å². The molecular weight excluding hydrogens is 424 g/mol. The van der Waals surface area contributed by atoms with E-state index in [0.717, 1.165) is 34.0 Å². The van der Waals surface area contributed by atoms with Gasteiger partial charge in [0.2, 0.25) is 5.78 Å². The van der Waals surface area contributed by atoms with Gasteiger partial charge in [-0.05, 0) is 50.5 Å². The molecule has 0 unspecified atom stereocenters. The Bertz CT molecular complexity index is 1260. The quantitative estimate of drug-likeness (QED) is 0.265. The van der Waals surface area contributed by atoms with E-state index in [1.54, 1.807) is 16.3 Å². The van der Waals surface area contributed by atoms with E-state index in [4.69, 9.17) is 9.47 Å². The monoisotopic (exact) mass is 452 g/mol. The number of para-hydroxylation sites is 2. The van der Waals surface area contributed by atoms with Crippen LogP contribution in [-0.4, -0.2) is 44.7 Å². The van der Waals surface area contributed by atoms with E-state index in [0.29, 0.717) is 43.3 Å². The van der Waals surface area contributed by atoms with Gasteiger partial charge in [0.05, 0.1) is 17.5 Å². The van der Waals surface area contributed by atoms with Gasteiger partial charge in [0.25, 0.3) is 5.56 Å². The molecule has 0 N–H and O–H groups in total. The topological polar surface area (TPSA) is 70.7 Å². The minimum Gasteiger partial charge on any atom is -0.492 e. The molecule has 4 aromatic rings. The summed E-state index contributed by atoms with van der Waals surface area (Å²) < 4.78 is 15.2. The van der Waals surface area contributed by atoms with Crippen molar-refractivity contribution in [1.82, 2.24) is 19.2 Å². The van der Waals surface area contributed by atoms with E-state index < -0.39 is 0 Å². The second kappa shape index (κ2) is 10.2. The third-order valence-corrected chi connectivity index (χ3v) is 6.22. The highest BCUT2D eigenvalue weighted by Crippen LogP contribution is 2.24.